The average molecular weight is 113 g/mol. The summed E-state index contributed by atoms with van der Waals surface area (Å²) in [5.74, 6) is -0.539. The highest BCUT2D eigenvalue weighted by atomic mass is 16.7. The average Bonchev–Trinajstić information content (AvgIpc) is 1.83. The molecule has 0 aliphatic heterocycles. The number of hydrogen-bond acceptors (Lipinski definition) is 3. The fourth-order valence-corrected chi connectivity index (χ4v) is 0.142. The van der Waals surface area contributed by atoms with Gasteiger partial charge in [-0.15, -0.1) is 0 Å². The van der Waals surface area contributed by atoms with E-state index >= 15 is 0 Å². The third-order valence-electron chi connectivity index (χ3n) is 0.415. The Hall–Kier alpha value is -1.12. The van der Waals surface area contributed by atoms with Gasteiger partial charge in [0.25, 0.3) is 0 Å². The number of oxime groups is 1. The summed E-state index contributed by atoms with van der Waals surface area (Å²) in [6.45, 7) is 4.81. The Morgan fingerprint density at radius 1 is 1.88 bits per heavy atom. The Morgan fingerprint density at radius 3 is 2.88 bits per heavy atom. The molecule has 0 saturated heterocycles. The van der Waals surface area contributed by atoms with E-state index in [1.54, 1.807) is 6.92 Å². The first kappa shape index (κ1) is 6.88. The predicted molar refractivity (Wildman–Crippen MR) is 30.5 cm³/mol. The van der Waals surface area contributed by atoms with Crippen molar-refractivity contribution in [1.29, 1.82) is 0 Å². The molecule has 0 fully saturated rings. The van der Waals surface area contributed by atoms with E-state index in [2.05, 4.69) is 16.6 Å². The predicted octanol–water partition coefficient (Wildman–Crippen LogP) is 0.721. The fraction of sp³-hybridized carbons (Fsp3) is 0.200. The van der Waals surface area contributed by atoms with E-state index in [4.69, 9.17) is 0 Å². The van der Waals surface area contributed by atoms with Crippen LogP contribution in [0.5, 0.6) is 0 Å². The number of nitrogens with zero attached hydrogens (tertiary/aromatic N) is 1. The molecule has 0 aliphatic rings. The molecule has 0 rings (SSSR count). The minimum absolute atomic E-state index is 0.539. The molecule has 0 saturated carbocycles. The Balaban J connectivity index is 3.39. The maximum absolute atomic E-state index is 10.1. The Labute approximate surface area is 47.6 Å². The number of carbonyl (C=O) groups excluding carboxylic acids is 1. The zero-order chi connectivity index (χ0) is 6.41. The van der Waals surface area contributed by atoms with E-state index in [1.807, 2.05) is 0 Å². The van der Waals surface area contributed by atoms with Gasteiger partial charge in [-0.3, -0.25) is 0 Å². The van der Waals surface area contributed by atoms with Crippen molar-refractivity contribution in [3.05, 3.63) is 12.7 Å². The Morgan fingerprint density at radius 2 is 2.50 bits per heavy atom. The van der Waals surface area contributed by atoms with Crippen LogP contribution in [0, 0.1) is 0 Å². The van der Waals surface area contributed by atoms with Crippen LogP contribution in [0.4, 0.5) is 0 Å². The van der Waals surface area contributed by atoms with Gasteiger partial charge in [0.15, 0.2) is 0 Å². The van der Waals surface area contributed by atoms with Crippen molar-refractivity contribution in [2.75, 3.05) is 0 Å². The molecule has 0 atom stereocenters. The van der Waals surface area contributed by atoms with Gasteiger partial charge >= 0.3 is 5.97 Å². The molecule has 8 heavy (non-hydrogen) atoms. The van der Waals surface area contributed by atoms with Gasteiger partial charge in [-0.05, 0) is 6.92 Å². The van der Waals surface area contributed by atoms with Gasteiger partial charge in [0.2, 0.25) is 0 Å². The summed E-state index contributed by atoms with van der Waals surface area (Å²) in [5, 5.41) is 3.20. The molecular formula is C5H7NO2. The van der Waals surface area contributed by atoms with E-state index < -0.39 is 5.97 Å². The summed E-state index contributed by atoms with van der Waals surface area (Å²) < 4.78 is 0. The third kappa shape index (κ3) is 3.08. The molecule has 0 heterocycles. The molecule has 0 radical (unpaired) electrons. The van der Waals surface area contributed by atoms with E-state index in [0.717, 1.165) is 6.08 Å². The zero-order valence-electron chi connectivity index (χ0n) is 4.63. The molecule has 3 heteroatoms. The van der Waals surface area contributed by atoms with Gasteiger partial charge in [-0.25, -0.2) is 4.79 Å². The van der Waals surface area contributed by atoms with Gasteiger partial charge < -0.3 is 4.84 Å². The first-order chi connectivity index (χ1) is 3.81. The van der Waals surface area contributed by atoms with E-state index in [0.29, 0.717) is 0 Å². The molecule has 0 unspecified atom stereocenters. The summed E-state index contributed by atoms with van der Waals surface area (Å²) >= 11 is 0. The van der Waals surface area contributed by atoms with Gasteiger partial charge in [0.1, 0.15) is 0 Å². The second-order valence-corrected chi connectivity index (χ2v) is 0.978. The van der Waals surface area contributed by atoms with Crippen molar-refractivity contribution in [2.24, 2.45) is 5.16 Å². The van der Waals surface area contributed by atoms with Crippen LogP contribution < -0.4 is 0 Å². The molecule has 0 aromatic heterocycles. The summed E-state index contributed by atoms with van der Waals surface area (Å²) in [6.07, 6.45) is 2.42. The topological polar surface area (TPSA) is 38.7 Å². The molecule has 44 valence electrons. The van der Waals surface area contributed by atoms with Crippen LogP contribution in [0.1, 0.15) is 6.92 Å². The summed E-state index contributed by atoms with van der Waals surface area (Å²) in [4.78, 5) is 14.3. The summed E-state index contributed by atoms with van der Waals surface area (Å²) in [7, 11) is 0. The van der Waals surface area contributed by atoms with Crippen molar-refractivity contribution < 1.29 is 9.63 Å². The fourth-order valence-electron chi connectivity index (χ4n) is 0.142. The zero-order valence-corrected chi connectivity index (χ0v) is 4.63. The molecule has 0 bridgehead atoms. The Bertz CT molecular complexity index is 118. The number of rotatable bonds is 2. The van der Waals surface area contributed by atoms with E-state index in [9.17, 15) is 4.79 Å². The van der Waals surface area contributed by atoms with Crippen LogP contribution in [0.25, 0.3) is 0 Å². The quantitative estimate of drug-likeness (QED) is 0.229. The largest absolute Gasteiger partial charge is 0.357 e. The minimum Gasteiger partial charge on any atom is -0.314 e. The van der Waals surface area contributed by atoms with Crippen LogP contribution in [-0.4, -0.2) is 12.2 Å². The highest BCUT2D eigenvalue weighted by Crippen LogP contribution is 1.76. The summed E-state index contributed by atoms with van der Waals surface area (Å²) in [5.41, 5.74) is 0. The van der Waals surface area contributed by atoms with Gasteiger partial charge in [-0.2, -0.15) is 0 Å². The number of hydrogen-bond donors (Lipinski definition) is 0. The van der Waals surface area contributed by atoms with Crippen LogP contribution in [-0.2, 0) is 9.63 Å². The first-order valence-corrected chi connectivity index (χ1v) is 2.12. The van der Waals surface area contributed by atoms with Crippen molar-refractivity contribution in [2.45, 2.75) is 6.92 Å². The van der Waals surface area contributed by atoms with Crippen LogP contribution in [0.3, 0.4) is 0 Å². The van der Waals surface area contributed by atoms with Crippen molar-refractivity contribution in [1.82, 2.24) is 0 Å². The lowest BCUT2D eigenvalue weighted by molar-refractivity contribution is -0.137. The molecule has 3 nitrogen and oxygen atoms in total. The van der Waals surface area contributed by atoms with Gasteiger partial charge in [-0.1, -0.05) is 11.7 Å². The molecule has 0 aromatic carbocycles. The second kappa shape index (κ2) is 4.05. The summed E-state index contributed by atoms with van der Waals surface area (Å²) in [6, 6.07) is 0. The molecule has 0 spiro atoms. The highest BCUT2D eigenvalue weighted by Gasteiger charge is 1.87. The molecule has 0 aliphatic carbocycles. The van der Waals surface area contributed by atoms with Crippen LogP contribution >= 0.6 is 0 Å². The normalized spacial score (nSPS) is 9.12. The second-order valence-electron chi connectivity index (χ2n) is 0.978. The SMILES string of the molecule is C=CC(=O)ON=CC. The van der Waals surface area contributed by atoms with Crippen molar-refractivity contribution in [3.63, 3.8) is 0 Å². The van der Waals surface area contributed by atoms with E-state index in [-0.39, 0.29) is 0 Å². The smallest absolute Gasteiger partial charge is 0.314 e. The molecule has 0 N–H and O–H groups in total. The standard InChI is InChI=1S/C5H7NO2/c1-3-5(7)8-6-4-2/h3-4H,1H2,2H3. The first-order valence-electron chi connectivity index (χ1n) is 2.12. The monoisotopic (exact) mass is 113 g/mol. The number of carbonyl (C=O) groups is 1. The van der Waals surface area contributed by atoms with Crippen LogP contribution in [0.15, 0.2) is 17.8 Å². The van der Waals surface area contributed by atoms with Gasteiger partial charge in [0, 0.05) is 12.3 Å². The Kier molecular flexibility index (Phi) is 3.48. The van der Waals surface area contributed by atoms with Crippen LogP contribution in [0.2, 0.25) is 0 Å². The molecule has 0 aromatic rings. The molecule has 0 amide bonds. The lowest BCUT2D eigenvalue weighted by Gasteiger charge is -1.84. The van der Waals surface area contributed by atoms with Crippen molar-refractivity contribution >= 4 is 12.2 Å². The minimum atomic E-state index is -0.539. The third-order valence-corrected chi connectivity index (χ3v) is 0.415. The maximum atomic E-state index is 10.1. The van der Waals surface area contributed by atoms with Crippen molar-refractivity contribution in [3.8, 4) is 0 Å². The highest BCUT2D eigenvalue weighted by molar-refractivity contribution is 5.81. The molecular weight excluding hydrogens is 106 g/mol. The lowest BCUT2D eigenvalue weighted by atomic mass is 10.7. The lowest BCUT2D eigenvalue weighted by Crippen LogP contribution is -1.91. The van der Waals surface area contributed by atoms with E-state index in [1.165, 1.54) is 6.21 Å². The van der Waals surface area contributed by atoms with Gasteiger partial charge in [0.05, 0.1) is 0 Å². The maximum Gasteiger partial charge on any atom is 0.357 e.